The fourth-order valence-electron chi connectivity index (χ4n) is 1.34. The number of rotatable bonds is 5. The van der Waals surface area contributed by atoms with Crippen molar-refractivity contribution in [3.05, 3.63) is 23.8 Å². The van der Waals surface area contributed by atoms with Crippen molar-refractivity contribution in [1.82, 2.24) is 0 Å². The Hall–Kier alpha value is -1.11. The second-order valence-electron chi connectivity index (χ2n) is 3.56. The highest BCUT2D eigenvalue weighted by Gasteiger charge is 2.37. The van der Waals surface area contributed by atoms with Gasteiger partial charge in [-0.05, 0) is 24.6 Å². The molecule has 0 aliphatic rings. The van der Waals surface area contributed by atoms with Crippen LogP contribution < -0.4 is 10.5 Å². The maximum absolute atomic E-state index is 13.2. The SMILES string of the molecule is CCOc1cc([C@H](N)C(F)(F)CO)ccc1O.Cl. The van der Waals surface area contributed by atoms with Gasteiger partial charge in [0, 0.05) is 0 Å². The summed E-state index contributed by atoms with van der Waals surface area (Å²) in [6, 6.07) is 2.10. The number of benzene rings is 1. The quantitative estimate of drug-likeness (QED) is 0.771. The third-order valence-electron chi connectivity index (χ3n) is 2.31. The van der Waals surface area contributed by atoms with Crippen LogP contribution in [0.3, 0.4) is 0 Å². The lowest BCUT2D eigenvalue weighted by atomic mass is 10.0. The first-order chi connectivity index (χ1) is 7.92. The molecule has 0 aromatic heterocycles. The van der Waals surface area contributed by atoms with Gasteiger partial charge >= 0.3 is 0 Å². The minimum absolute atomic E-state index is 0. The summed E-state index contributed by atoms with van der Waals surface area (Å²) in [5.41, 5.74) is 5.44. The van der Waals surface area contributed by atoms with Crippen LogP contribution in [0.4, 0.5) is 8.78 Å². The smallest absolute Gasteiger partial charge is 0.289 e. The summed E-state index contributed by atoms with van der Waals surface area (Å²) >= 11 is 0. The van der Waals surface area contributed by atoms with E-state index in [0.29, 0.717) is 6.61 Å². The van der Waals surface area contributed by atoms with Gasteiger partial charge in [-0.3, -0.25) is 0 Å². The Morgan fingerprint density at radius 1 is 1.44 bits per heavy atom. The van der Waals surface area contributed by atoms with E-state index in [1.54, 1.807) is 6.92 Å². The number of aliphatic hydroxyl groups is 1. The molecule has 0 aliphatic heterocycles. The van der Waals surface area contributed by atoms with Crippen LogP contribution in [0.25, 0.3) is 0 Å². The first kappa shape index (κ1) is 16.9. The molecule has 0 unspecified atom stereocenters. The Labute approximate surface area is 110 Å². The van der Waals surface area contributed by atoms with Crippen LogP contribution >= 0.6 is 12.4 Å². The van der Waals surface area contributed by atoms with E-state index in [-0.39, 0.29) is 29.5 Å². The van der Waals surface area contributed by atoms with Crippen molar-refractivity contribution in [3.8, 4) is 11.5 Å². The van der Waals surface area contributed by atoms with Gasteiger partial charge in [-0.15, -0.1) is 12.4 Å². The van der Waals surface area contributed by atoms with Crippen LogP contribution in [0, 0.1) is 0 Å². The second-order valence-corrected chi connectivity index (χ2v) is 3.56. The lowest BCUT2D eigenvalue weighted by Crippen LogP contribution is -2.36. The van der Waals surface area contributed by atoms with Crippen molar-refractivity contribution in [1.29, 1.82) is 0 Å². The maximum atomic E-state index is 13.2. The highest BCUT2D eigenvalue weighted by molar-refractivity contribution is 5.85. The molecule has 1 rings (SSSR count). The molecule has 0 heterocycles. The minimum atomic E-state index is -3.42. The molecule has 4 nitrogen and oxygen atoms in total. The summed E-state index contributed by atoms with van der Waals surface area (Å²) in [5, 5.41) is 17.9. The number of nitrogens with two attached hydrogens (primary N) is 1. The molecule has 18 heavy (non-hydrogen) atoms. The monoisotopic (exact) mass is 283 g/mol. The molecule has 0 saturated heterocycles. The number of aromatic hydroxyl groups is 1. The molecule has 0 aliphatic carbocycles. The zero-order chi connectivity index (χ0) is 13.1. The number of hydrogen-bond acceptors (Lipinski definition) is 4. The number of hydrogen-bond donors (Lipinski definition) is 3. The molecule has 0 amide bonds. The third-order valence-corrected chi connectivity index (χ3v) is 2.31. The zero-order valence-electron chi connectivity index (χ0n) is 9.77. The molecule has 1 aromatic rings. The van der Waals surface area contributed by atoms with Gasteiger partial charge in [0.1, 0.15) is 6.61 Å². The van der Waals surface area contributed by atoms with Crippen LogP contribution in [0.15, 0.2) is 18.2 Å². The lowest BCUT2D eigenvalue weighted by molar-refractivity contribution is -0.0712. The fourth-order valence-corrected chi connectivity index (χ4v) is 1.34. The normalized spacial score (nSPS) is 12.7. The summed E-state index contributed by atoms with van der Waals surface area (Å²) in [5.74, 6) is -3.47. The maximum Gasteiger partial charge on any atom is 0.289 e. The van der Waals surface area contributed by atoms with E-state index >= 15 is 0 Å². The number of ether oxygens (including phenoxy) is 1. The number of alkyl halides is 2. The van der Waals surface area contributed by atoms with Crippen molar-refractivity contribution in [2.45, 2.75) is 18.9 Å². The Kier molecular flexibility index (Phi) is 6.31. The number of aliphatic hydroxyl groups excluding tert-OH is 1. The molecular formula is C11H16ClF2NO3. The van der Waals surface area contributed by atoms with Crippen LogP contribution in [0.2, 0.25) is 0 Å². The topological polar surface area (TPSA) is 75.7 Å². The second kappa shape index (κ2) is 6.72. The highest BCUT2D eigenvalue weighted by atomic mass is 35.5. The predicted molar refractivity (Wildman–Crippen MR) is 65.5 cm³/mol. The van der Waals surface area contributed by atoms with E-state index < -0.39 is 18.6 Å². The van der Waals surface area contributed by atoms with Crippen molar-refractivity contribution in [2.75, 3.05) is 13.2 Å². The van der Waals surface area contributed by atoms with E-state index in [2.05, 4.69) is 0 Å². The first-order valence-electron chi connectivity index (χ1n) is 5.12. The summed E-state index contributed by atoms with van der Waals surface area (Å²) in [7, 11) is 0. The molecule has 0 saturated carbocycles. The molecule has 0 bridgehead atoms. The zero-order valence-corrected chi connectivity index (χ0v) is 10.6. The van der Waals surface area contributed by atoms with Crippen LogP contribution in [-0.2, 0) is 0 Å². The Morgan fingerprint density at radius 3 is 2.56 bits per heavy atom. The standard InChI is InChI=1S/C11H15F2NO3.ClH/c1-2-17-9-5-7(3-4-8(9)16)10(14)11(12,13)6-15;/h3-5,10,15-16H,2,6,14H2,1H3;1H/t10-;/m0./s1. The average molecular weight is 284 g/mol. The molecule has 7 heteroatoms. The van der Waals surface area contributed by atoms with E-state index in [9.17, 15) is 13.9 Å². The molecule has 1 atom stereocenters. The Balaban J connectivity index is 0.00000289. The predicted octanol–water partition coefficient (Wildman–Crippen LogP) is 1.84. The molecule has 4 N–H and O–H groups in total. The number of phenols is 1. The van der Waals surface area contributed by atoms with E-state index in [0.717, 1.165) is 0 Å². The molecule has 0 radical (unpaired) electrons. The van der Waals surface area contributed by atoms with Gasteiger partial charge in [0.15, 0.2) is 11.5 Å². The van der Waals surface area contributed by atoms with Crippen LogP contribution in [0.1, 0.15) is 18.5 Å². The van der Waals surface area contributed by atoms with E-state index in [1.807, 2.05) is 0 Å². The van der Waals surface area contributed by atoms with Gasteiger partial charge in [0.25, 0.3) is 5.92 Å². The van der Waals surface area contributed by atoms with Crippen LogP contribution in [0.5, 0.6) is 11.5 Å². The molecule has 1 aromatic carbocycles. The Morgan fingerprint density at radius 2 is 2.06 bits per heavy atom. The van der Waals surface area contributed by atoms with Crippen molar-refractivity contribution < 1.29 is 23.7 Å². The van der Waals surface area contributed by atoms with Gasteiger partial charge in [-0.1, -0.05) is 6.07 Å². The fraction of sp³-hybridized carbons (Fsp3) is 0.455. The minimum Gasteiger partial charge on any atom is -0.504 e. The summed E-state index contributed by atoms with van der Waals surface area (Å²) in [4.78, 5) is 0. The highest BCUT2D eigenvalue weighted by Crippen LogP contribution is 2.34. The van der Waals surface area contributed by atoms with Crippen molar-refractivity contribution >= 4 is 12.4 Å². The number of phenolic OH excluding ortho intramolecular Hbond substituents is 1. The summed E-state index contributed by atoms with van der Waals surface area (Å²) in [6.07, 6.45) is 0. The first-order valence-corrected chi connectivity index (χ1v) is 5.12. The van der Waals surface area contributed by atoms with Crippen molar-refractivity contribution in [2.24, 2.45) is 5.73 Å². The van der Waals surface area contributed by atoms with Gasteiger partial charge in [0.05, 0.1) is 12.6 Å². The lowest BCUT2D eigenvalue weighted by Gasteiger charge is -2.22. The molecular weight excluding hydrogens is 268 g/mol. The van der Waals surface area contributed by atoms with Gasteiger partial charge in [-0.2, -0.15) is 0 Å². The molecule has 0 spiro atoms. The largest absolute Gasteiger partial charge is 0.504 e. The van der Waals surface area contributed by atoms with Crippen LogP contribution in [-0.4, -0.2) is 29.3 Å². The van der Waals surface area contributed by atoms with Crippen molar-refractivity contribution in [3.63, 3.8) is 0 Å². The van der Waals surface area contributed by atoms with E-state index in [1.165, 1.54) is 18.2 Å². The van der Waals surface area contributed by atoms with Gasteiger partial charge in [0.2, 0.25) is 0 Å². The Bertz CT molecular complexity index is 391. The number of halogens is 3. The summed E-state index contributed by atoms with van der Waals surface area (Å²) in [6.45, 7) is 0.663. The van der Waals surface area contributed by atoms with E-state index in [4.69, 9.17) is 15.6 Å². The van der Waals surface area contributed by atoms with Gasteiger partial charge < -0.3 is 20.7 Å². The summed E-state index contributed by atoms with van der Waals surface area (Å²) < 4.78 is 31.4. The molecule has 0 fully saturated rings. The third kappa shape index (κ3) is 3.69. The molecule has 104 valence electrons. The van der Waals surface area contributed by atoms with Gasteiger partial charge in [-0.25, -0.2) is 8.78 Å². The average Bonchev–Trinajstić information content (AvgIpc) is 2.31.